The molecule has 0 radical (unpaired) electrons. The lowest BCUT2D eigenvalue weighted by atomic mass is 9.98. The maximum Gasteiger partial charge on any atom is 0.126 e. The van der Waals surface area contributed by atoms with Crippen molar-refractivity contribution in [1.82, 2.24) is 5.32 Å². The Bertz CT molecular complexity index is 542. The summed E-state index contributed by atoms with van der Waals surface area (Å²) >= 11 is 5.96. The molecule has 2 rings (SSSR count). The van der Waals surface area contributed by atoms with Gasteiger partial charge in [-0.15, -0.1) is 0 Å². The van der Waals surface area contributed by atoms with Crippen LogP contribution in [0.4, 0.5) is 4.39 Å². The second-order valence-electron chi connectivity index (χ2n) is 4.86. The fourth-order valence-corrected chi connectivity index (χ4v) is 2.43. The van der Waals surface area contributed by atoms with Crippen LogP contribution in [0.5, 0.6) is 0 Å². The molecule has 0 saturated carbocycles. The number of nitrogens with one attached hydrogen (secondary N) is 1. The molecular formula is C17H19ClFN. The van der Waals surface area contributed by atoms with Crippen LogP contribution in [0.1, 0.15) is 30.5 Å². The van der Waals surface area contributed by atoms with Crippen LogP contribution in [0.3, 0.4) is 0 Å². The van der Waals surface area contributed by atoms with Gasteiger partial charge in [-0.25, -0.2) is 4.39 Å². The number of halogens is 2. The van der Waals surface area contributed by atoms with Gasteiger partial charge in [0.2, 0.25) is 0 Å². The highest BCUT2D eigenvalue weighted by molar-refractivity contribution is 6.30. The van der Waals surface area contributed by atoms with Crippen LogP contribution >= 0.6 is 11.6 Å². The lowest BCUT2D eigenvalue weighted by molar-refractivity contribution is 0.513. The van der Waals surface area contributed by atoms with Gasteiger partial charge in [-0.1, -0.05) is 48.9 Å². The molecule has 20 heavy (non-hydrogen) atoms. The summed E-state index contributed by atoms with van der Waals surface area (Å²) < 4.78 is 13.9. The topological polar surface area (TPSA) is 12.0 Å². The average molecular weight is 292 g/mol. The van der Waals surface area contributed by atoms with Gasteiger partial charge in [0.15, 0.2) is 0 Å². The second-order valence-corrected chi connectivity index (χ2v) is 5.29. The molecule has 0 aliphatic heterocycles. The van der Waals surface area contributed by atoms with Gasteiger partial charge in [0, 0.05) is 11.1 Å². The molecule has 1 unspecified atom stereocenters. The van der Waals surface area contributed by atoms with E-state index in [0.29, 0.717) is 17.0 Å². The van der Waals surface area contributed by atoms with Crippen LogP contribution in [0.25, 0.3) is 0 Å². The van der Waals surface area contributed by atoms with Crippen LogP contribution in [0.15, 0.2) is 48.5 Å². The van der Waals surface area contributed by atoms with Gasteiger partial charge >= 0.3 is 0 Å². The van der Waals surface area contributed by atoms with Gasteiger partial charge in [0.25, 0.3) is 0 Å². The van der Waals surface area contributed by atoms with Gasteiger partial charge < -0.3 is 5.32 Å². The summed E-state index contributed by atoms with van der Waals surface area (Å²) in [6, 6.07) is 14.9. The van der Waals surface area contributed by atoms with E-state index in [0.717, 1.165) is 13.0 Å². The van der Waals surface area contributed by atoms with E-state index in [9.17, 15) is 4.39 Å². The highest BCUT2D eigenvalue weighted by atomic mass is 35.5. The fraction of sp³-hybridized carbons (Fsp3) is 0.294. The van der Waals surface area contributed by atoms with E-state index in [4.69, 9.17) is 11.6 Å². The molecule has 106 valence electrons. The van der Waals surface area contributed by atoms with Crippen molar-refractivity contribution >= 4 is 11.6 Å². The van der Waals surface area contributed by atoms with Crippen LogP contribution in [-0.4, -0.2) is 6.54 Å². The molecule has 2 aromatic carbocycles. The van der Waals surface area contributed by atoms with Crippen LogP contribution in [-0.2, 0) is 6.42 Å². The van der Waals surface area contributed by atoms with E-state index in [1.165, 1.54) is 11.6 Å². The quantitative estimate of drug-likeness (QED) is 0.809. The van der Waals surface area contributed by atoms with Crippen molar-refractivity contribution in [3.05, 3.63) is 70.5 Å². The first-order valence-electron chi connectivity index (χ1n) is 6.93. The molecule has 0 amide bonds. The summed E-state index contributed by atoms with van der Waals surface area (Å²) in [6.07, 6.45) is 1.64. The molecule has 2 aromatic rings. The zero-order chi connectivity index (χ0) is 14.4. The largest absolute Gasteiger partial charge is 0.310 e. The SMILES string of the molecule is CCCNC(Cc1cc(Cl)ccc1F)c1ccccc1. The van der Waals surface area contributed by atoms with Crippen molar-refractivity contribution in [2.24, 2.45) is 0 Å². The minimum atomic E-state index is -0.200. The fourth-order valence-electron chi connectivity index (χ4n) is 2.23. The molecule has 1 atom stereocenters. The number of rotatable bonds is 6. The van der Waals surface area contributed by atoms with Gasteiger partial charge in [-0.3, -0.25) is 0 Å². The lowest BCUT2D eigenvalue weighted by Gasteiger charge is -2.19. The molecule has 0 spiro atoms. The third kappa shape index (κ3) is 4.06. The smallest absolute Gasteiger partial charge is 0.126 e. The minimum Gasteiger partial charge on any atom is -0.310 e. The molecule has 0 saturated heterocycles. The number of hydrogen-bond donors (Lipinski definition) is 1. The van der Waals surface area contributed by atoms with E-state index < -0.39 is 0 Å². The zero-order valence-corrected chi connectivity index (χ0v) is 12.3. The predicted octanol–water partition coefficient (Wildman–Crippen LogP) is 4.76. The first-order valence-corrected chi connectivity index (χ1v) is 7.30. The van der Waals surface area contributed by atoms with Crippen molar-refractivity contribution in [1.29, 1.82) is 0 Å². The molecule has 0 heterocycles. The van der Waals surface area contributed by atoms with Crippen LogP contribution in [0.2, 0.25) is 5.02 Å². The normalized spacial score (nSPS) is 12.3. The summed E-state index contributed by atoms with van der Waals surface area (Å²) in [7, 11) is 0. The Hall–Kier alpha value is -1.38. The zero-order valence-electron chi connectivity index (χ0n) is 11.6. The number of benzene rings is 2. The summed E-state index contributed by atoms with van der Waals surface area (Å²) in [5, 5.41) is 4.04. The van der Waals surface area contributed by atoms with Crippen LogP contribution < -0.4 is 5.32 Å². The lowest BCUT2D eigenvalue weighted by Crippen LogP contribution is -2.24. The Morgan fingerprint density at radius 1 is 1.15 bits per heavy atom. The van der Waals surface area contributed by atoms with Gasteiger partial charge in [0.05, 0.1) is 0 Å². The molecule has 0 aromatic heterocycles. The monoisotopic (exact) mass is 291 g/mol. The van der Waals surface area contributed by atoms with E-state index in [-0.39, 0.29) is 11.9 Å². The van der Waals surface area contributed by atoms with Crippen molar-refractivity contribution < 1.29 is 4.39 Å². The van der Waals surface area contributed by atoms with Crippen molar-refractivity contribution in [2.45, 2.75) is 25.8 Å². The summed E-state index contributed by atoms with van der Waals surface area (Å²) in [6.45, 7) is 3.02. The molecule has 0 aliphatic rings. The highest BCUT2D eigenvalue weighted by Crippen LogP contribution is 2.22. The maximum atomic E-state index is 13.9. The highest BCUT2D eigenvalue weighted by Gasteiger charge is 2.14. The maximum absolute atomic E-state index is 13.9. The van der Waals surface area contributed by atoms with E-state index in [1.54, 1.807) is 12.1 Å². The molecule has 0 bridgehead atoms. The molecule has 0 aliphatic carbocycles. The molecule has 1 N–H and O–H groups in total. The summed E-state index contributed by atoms with van der Waals surface area (Å²) in [5.41, 5.74) is 1.82. The molecule has 3 heteroatoms. The molecule has 0 fully saturated rings. The van der Waals surface area contributed by atoms with Crippen molar-refractivity contribution in [3.63, 3.8) is 0 Å². The Morgan fingerprint density at radius 3 is 2.60 bits per heavy atom. The van der Waals surface area contributed by atoms with E-state index >= 15 is 0 Å². The van der Waals surface area contributed by atoms with E-state index in [1.807, 2.05) is 18.2 Å². The Balaban J connectivity index is 2.21. The van der Waals surface area contributed by atoms with Gasteiger partial charge in [0.1, 0.15) is 5.82 Å². The first-order chi connectivity index (χ1) is 9.70. The standard InChI is InChI=1S/C17H19ClFN/c1-2-10-20-17(13-6-4-3-5-7-13)12-14-11-15(18)8-9-16(14)19/h3-9,11,17,20H,2,10,12H2,1H3. The van der Waals surface area contributed by atoms with Crippen LogP contribution in [0, 0.1) is 5.82 Å². The van der Waals surface area contributed by atoms with Crippen molar-refractivity contribution in [3.8, 4) is 0 Å². The Morgan fingerprint density at radius 2 is 1.90 bits per heavy atom. The number of hydrogen-bond acceptors (Lipinski definition) is 1. The second kappa shape index (κ2) is 7.41. The summed E-state index contributed by atoms with van der Waals surface area (Å²) in [5.74, 6) is -0.200. The Kier molecular flexibility index (Phi) is 5.57. The average Bonchev–Trinajstić information content (AvgIpc) is 2.48. The molecule has 1 nitrogen and oxygen atoms in total. The first kappa shape index (κ1) is 15.0. The van der Waals surface area contributed by atoms with Gasteiger partial charge in [-0.05, 0) is 48.7 Å². The summed E-state index contributed by atoms with van der Waals surface area (Å²) in [4.78, 5) is 0. The van der Waals surface area contributed by atoms with E-state index in [2.05, 4.69) is 24.4 Å². The predicted molar refractivity (Wildman–Crippen MR) is 82.6 cm³/mol. The Labute approximate surface area is 124 Å². The van der Waals surface area contributed by atoms with Gasteiger partial charge in [-0.2, -0.15) is 0 Å². The van der Waals surface area contributed by atoms with Crippen molar-refractivity contribution in [2.75, 3.05) is 6.54 Å². The third-order valence-corrected chi connectivity index (χ3v) is 3.51. The molecular weight excluding hydrogens is 273 g/mol. The third-order valence-electron chi connectivity index (χ3n) is 3.27. The minimum absolute atomic E-state index is 0.101.